The highest BCUT2D eigenvalue weighted by Crippen LogP contribution is 2.67. The molecule has 4 aliphatic carbocycles. The number of thiophene rings is 1. The average Bonchev–Trinajstić information content (AvgIpc) is 1.51. The predicted molar refractivity (Wildman–Crippen MR) is 554 cm³/mol. The third kappa shape index (κ3) is 11.1. The second-order valence-electron chi connectivity index (χ2n) is 35.4. The Morgan fingerprint density at radius 3 is 1.03 bits per heavy atom. The second kappa shape index (κ2) is 29.9. The lowest BCUT2D eigenvalue weighted by atomic mass is 9.70. The molecule has 27 rings (SSSR count). The van der Waals surface area contributed by atoms with E-state index in [-0.39, 0.29) is 0 Å². The van der Waals surface area contributed by atoms with Gasteiger partial charge in [-0.3, -0.25) is 0 Å². The van der Waals surface area contributed by atoms with Crippen molar-refractivity contribution >= 4 is 87.4 Å². The summed E-state index contributed by atoms with van der Waals surface area (Å²) in [7, 11) is 0. The maximum Gasteiger partial charge on any atom is 0.0725 e. The molecular weight excluding hydrogens is 1610 g/mol. The summed E-state index contributed by atoms with van der Waals surface area (Å²) in [4.78, 5) is 5.21. The van der Waals surface area contributed by atoms with Crippen molar-refractivity contribution in [1.29, 1.82) is 0 Å². The summed E-state index contributed by atoms with van der Waals surface area (Å²) < 4.78 is 4.99. The van der Waals surface area contributed by atoms with Gasteiger partial charge in [0.25, 0.3) is 0 Å². The first-order chi connectivity index (χ1) is 65.5. The molecule has 4 aliphatic rings. The van der Waals surface area contributed by atoms with Gasteiger partial charge in [0, 0.05) is 54.4 Å². The number of para-hydroxylation sites is 2. The normalized spacial score (nSPS) is 13.0. The van der Waals surface area contributed by atoms with Crippen LogP contribution < -0.4 is 9.80 Å². The molecule has 614 valence electrons. The number of hydrogen-bond acceptors (Lipinski definition) is 3. The van der Waals surface area contributed by atoms with Crippen LogP contribution in [-0.2, 0) is 10.8 Å². The summed E-state index contributed by atoms with van der Waals surface area (Å²) >= 11 is 1.88. The summed E-state index contributed by atoms with van der Waals surface area (Å²) in [6.07, 6.45) is 0. The van der Waals surface area contributed by atoms with Gasteiger partial charge < -0.3 is 14.4 Å². The van der Waals surface area contributed by atoms with E-state index in [0.29, 0.717) is 0 Å². The monoisotopic (exact) mass is 1690 g/mol. The summed E-state index contributed by atoms with van der Waals surface area (Å²) in [6.45, 7) is 0. The number of benzene rings is 21. The highest BCUT2D eigenvalue weighted by Gasteiger charge is 2.54. The van der Waals surface area contributed by atoms with E-state index in [1.54, 1.807) is 0 Å². The van der Waals surface area contributed by atoms with Crippen molar-refractivity contribution in [2.75, 3.05) is 9.80 Å². The fourth-order valence-corrected chi connectivity index (χ4v) is 24.8. The van der Waals surface area contributed by atoms with E-state index < -0.39 is 10.8 Å². The fourth-order valence-electron chi connectivity index (χ4n) is 23.6. The van der Waals surface area contributed by atoms with Crippen molar-refractivity contribution in [3.63, 3.8) is 0 Å². The zero-order chi connectivity index (χ0) is 86.7. The highest BCUT2D eigenvalue weighted by atomic mass is 32.1. The van der Waals surface area contributed by atoms with Crippen molar-refractivity contribution in [3.8, 4) is 128 Å². The van der Waals surface area contributed by atoms with Crippen LogP contribution in [0.25, 0.3) is 170 Å². The molecule has 2 spiro atoms. The van der Waals surface area contributed by atoms with Crippen LogP contribution in [0.15, 0.2) is 491 Å². The minimum Gasteiger partial charge on any atom is -0.309 e. The van der Waals surface area contributed by atoms with Crippen LogP contribution in [0.5, 0.6) is 0 Å². The Hall–Kier alpha value is -16.8. The van der Waals surface area contributed by atoms with Gasteiger partial charge in [-0.2, -0.15) is 0 Å². The smallest absolute Gasteiger partial charge is 0.0725 e. The molecule has 0 aliphatic heterocycles. The minimum atomic E-state index is -0.529. The lowest BCUT2D eigenvalue weighted by Gasteiger charge is -2.32. The average molecular weight is 1690 g/mol. The summed E-state index contributed by atoms with van der Waals surface area (Å²) in [5.41, 5.74) is 45.2. The zero-order valence-electron chi connectivity index (χ0n) is 72.0. The molecule has 3 nitrogen and oxygen atoms in total. The van der Waals surface area contributed by atoms with Gasteiger partial charge in [0.1, 0.15) is 0 Å². The van der Waals surface area contributed by atoms with Gasteiger partial charge in [-0.1, -0.05) is 413 Å². The number of fused-ring (bicyclic) bond motifs is 26. The summed E-state index contributed by atoms with van der Waals surface area (Å²) in [6, 6.07) is 185. The fraction of sp³-hybridized carbons (Fsp3) is 0.0156. The molecule has 0 N–H and O–H groups in total. The largest absolute Gasteiger partial charge is 0.309 e. The van der Waals surface area contributed by atoms with Gasteiger partial charge in [-0.15, -0.1) is 11.3 Å². The third-order valence-corrected chi connectivity index (χ3v) is 30.1. The van der Waals surface area contributed by atoms with Gasteiger partial charge in [-0.05, 0) is 235 Å². The van der Waals surface area contributed by atoms with E-state index in [4.69, 9.17) is 0 Å². The Morgan fingerprint density at radius 2 is 0.515 bits per heavy atom. The topological polar surface area (TPSA) is 11.4 Å². The first-order valence-corrected chi connectivity index (χ1v) is 46.6. The van der Waals surface area contributed by atoms with Gasteiger partial charge in [-0.25, -0.2) is 0 Å². The van der Waals surface area contributed by atoms with Crippen molar-refractivity contribution in [1.82, 2.24) is 4.57 Å². The van der Waals surface area contributed by atoms with Crippen molar-refractivity contribution in [2.24, 2.45) is 0 Å². The number of anilines is 6. The number of hydrogen-bond donors (Lipinski definition) is 0. The van der Waals surface area contributed by atoms with Crippen LogP contribution in [-0.4, -0.2) is 4.57 Å². The molecule has 0 fully saturated rings. The van der Waals surface area contributed by atoms with E-state index in [1.807, 2.05) is 11.3 Å². The molecular formula is C128H81N3S. The van der Waals surface area contributed by atoms with Crippen LogP contribution in [0.2, 0.25) is 0 Å². The van der Waals surface area contributed by atoms with Gasteiger partial charge in [0.2, 0.25) is 0 Å². The Bertz CT molecular complexity index is 8610. The SMILES string of the molecule is c1ccc(-c2ccccc2-c2ccccc2-c2ccc(-c3cccc(-n4c5ccccc5c5c(N(c6ccc7c(c6)-c6ccccc6C76c7ccccc7-c7ccccc76)c6ccccc6-c6ccccc6-c6ccccc6-c6ccccc6)cccc54)c3)cc2N(c2ccc3c(c2)-c2ccccc2C32c3ccccc3-c3ccccc32)c2cccc3c2sc2ccccc23)cc1. The van der Waals surface area contributed by atoms with Crippen LogP contribution in [0, 0.1) is 0 Å². The molecule has 132 heavy (non-hydrogen) atoms. The number of aromatic nitrogens is 1. The Kier molecular flexibility index (Phi) is 17.1. The molecule has 0 bridgehead atoms. The highest BCUT2D eigenvalue weighted by molar-refractivity contribution is 7.26. The Balaban J connectivity index is 0.679. The molecule has 23 aromatic rings. The molecule has 4 heteroatoms. The summed E-state index contributed by atoms with van der Waals surface area (Å²) in [5.74, 6) is 0. The zero-order valence-corrected chi connectivity index (χ0v) is 72.8. The van der Waals surface area contributed by atoms with Gasteiger partial charge in [0.05, 0.1) is 49.3 Å². The van der Waals surface area contributed by atoms with Crippen molar-refractivity contribution in [3.05, 3.63) is 536 Å². The van der Waals surface area contributed by atoms with E-state index in [2.05, 4.69) is 506 Å². The molecule has 2 aromatic heterocycles. The lowest BCUT2D eigenvalue weighted by molar-refractivity contribution is 0.794. The van der Waals surface area contributed by atoms with Crippen LogP contribution >= 0.6 is 11.3 Å². The van der Waals surface area contributed by atoms with E-state index >= 15 is 0 Å². The number of nitrogens with zero attached hydrogens (tertiary/aromatic N) is 3. The standard InChI is InChI=1S/C128H81N3S/c1-3-36-82(37-4-1)89-42-7-9-44-91(89)93-46-11-13-48-95(93)103-56-21-30-66-118(103)130(87-73-76-116-108(80-87)101-54-19-28-64-114(101)127(116)110-60-24-15-50-97(110)98-51-16-25-61-111(98)127)121-69-35-68-120-125(121)107-58-22-31-67-119(107)129(120)86-41-33-40-84(78-86)85-72-75-104(96-49-14-12-47-94(96)92-45-10-8-43-90(92)83-38-5-2-6-39-83)123(79-85)131(122-70-34-59-106-105-57-23-32-71-124(105)132-126(106)122)88-74-77-117-109(81-88)102-55-20-29-65-115(102)128(117)112-62-26-17-52-99(112)100-53-18-27-63-113(100)128/h1-81H. The Morgan fingerprint density at radius 1 is 0.182 bits per heavy atom. The first kappa shape index (κ1) is 75.4. The molecule has 21 aromatic carbocycles. The van der Waals surface area contributed by atoms with Crippen molar-refractivity contribution < 1.29 is 0 Å². The molecule has 0 saturated carbocycles. The predicted octanol–water partition coefficient (Wildman–Crippen LogP) is 34.4. The van der Waals surface area contributed by atoms with Gasteiger partial charge >= 0.3 is 0 Å². The number of rotatable bonds is 14. The van der Waals surface area contributed by atoms with E-state index in [9.17, 15) is 0 Å². The third-order valence-electron chi connectivity index (χ3n) is 28.9. The molecule has 2 heterocycles. The minimum absolute atomic E-state index is 0.525. The van der Waals surface area contributed by atoms with E-state index in [0.717, 1.165) is 112 Å². The maximum atomic E-state index is 2.62. The maximum absolute atomic E-state index is 2.62. The van der Waals surface area contributed by atoms with Crippen LogP contribution in [0.4, 0.5) is 34.1 Å². The molecule has 0 saturated heterocycles. The lowest BCUT2D eigenvalue weighted by Crippen LogP contribution is -2.25. The second-order valence-corrected chi connectivity index (χ2v) is 36.4. The molecule has 0 amide bonds. The molecule has 0 atom stereocenters. The first-order valence-electron chi connectivity index (χ1n) is 45.8. The van der Waals surface area contributed by atoms with Crippen LogP contribution in [0.1, 0.15) is 44.5 Å². The molecule has 0 radical (unpaired) electrons. The van der Waals surface area contributed by atoms with Gasteiger partial charge in [0.15, 0.2) is 0 Å². The van der Waals surface area contributed by atoms with E-state index in [1.165, 1.54) is 137 Å². The quantitative estimate of drug-likeness (QED) is 0.107. The van der Waals surface area contributed by atoms with Crippen molar-refractivity contribution in [2.45, 2.75) is 10.8 Å². The Labute approximate surface area is 770 Å². The molecule has 0 unspecified atom stereocenters. The summed E-state index contributed by atoms with van der Waals surface area (Å²) in [5, 5.41) is 4.76. The van der Waals surface area contributed by atoms with Crippen LogP contribution in [0.3, 0.4) is 0 Å².